The van der Waals surface area contributed by atoms with Crippen LogP contribution in [0, 0.1) is 13.8 Å². The lowest BCUT2D eigenvalue weighted by molar-refractivity contribution is -0.144. The highest BCUT2D eigenvalue weighted by Crippen LogP contribution is 2.16. The first kappa shape index (κ1) is 17.7. The second-order valence-corrected chi connectivity index (χ2v) is 5.82. The maximum atomic E-state index is 11.9. The topological polar surface area (TPSA) is 55.4 Å². The highest BCUT2D eigenvalue weighted by atomic mass is 16.5. The molecule has 1 amide bonds. The molecule has 0 aliphatic heterocycles. The number of esters is 1. The van der Waals surface area contributed by atoms with Gasteiger partial charge in [0.05, 0.1) is 13.0 Å². The molecule has 0 bridgehead atoms. The molecule has 0 fully saturated rings. The Morgan fingerprint density at radius 3 is 2.46 bits per heavy atom. The van der Waals surface area contributed by atoms with Gasteiger partial charge in [0.1, 0.15) is 0 Å². The molecule has 1 N–H and O–H groups in total. The van der Waals surface area contributed by atoms with Gasteiger partial charge < -0.3 is 10.1 Å². The summed E-state index contributed by atoms with van der Waals surface area (Å²) in [6.45, 7) is 4.28. The molecule has 0 saturated heterocycles. The van der Waals surface area contributed by atoms with E-state index in [1.54, 1.807) is 0 Å². The van der Waals surface area contributed by atoms with E-state index in [0.717, 1.165) is 22.4 Å². The zero-order valence-corrected chi connectivity index (χ0v) is 14.2. The number of ether oxygens (including phenoxy) is 1. The van der Waals surface area contributed by atoms with Gasteiger partial charge in [-0.25, -0.2) is 0 Å². The maximum absolute atomic E-state index is 11.9. The summed E-state index contributed by atoms with van der Waals surface area (Å²) in [5, 5.41) is 2.83. The molecule has 0 atom stereocenters. The Bertz CT molecular complexity index is 695. The zero-order chi connectivity index (χ0) is 17.4. The molecule has 0 aliphatic carbocycles. The Labute approximate surface area is 142 Å². The molecule has 2 rings (SSSR count). The van der Waals surface area contributed by atoms with E-state index in [4.69, 9.17) is 4.74 Å². The van der Waals surface area contributed by atoms with Crippen molar-refractivity contribution < 1.29 is 14.3 Å². The summed E-state index contributed by atoms with van der Waals surface area (Å²) in [6, 6.07) is 15.7. The largest absolute Gasteiger partial charge is 0.465 e. The van der Waals surface area contributed by atoms with Gasteiger partial charge in [-0.05, 0) is 31.0 Å². The standard InChI is InChI=1S/C20H23NO3/c1-15-8-9-18(16(2)14-15)21-19(22)10-11-20(23)24-13-12-17-6-4-3-5-7-17/h3-9,14H,10-13H2,1-2H3,(H,21,22). The van der Waals surface area contributed by atoms with Crippen LogP contribution in [0.2, 0.25) is 0 Å². The number of anilines is 1. The van der Waals surface area contributed by atoms with Gasteiger partial charge in [0.25, 0.3) is 0 Å². The fourth-order valence-corrected chi connectivity index (χ4v) is 2.38. The van der Waals surface area contributed by atoms with Crippen LogP contribution in [0.3, 0.4) is 0 Å². The molecule has 0 heterocycles. The molecular formula is C20H23NO3. The van der Waals surface area contributed by atoms with Crippen LogP contribution in [0.5, 0.6) is 0 Å². The van der Waals surface area contributed by atoms with Crippen LogP contribution < -0.4 is 5.32 Å². The van der Waals surface area contributed by atoms with Gasteiger partial charge in [-0.3, -0.25) is 9.59 Å². The second kappa shape index (κ2) is 8.87. The van der Waals surface area contributed by atoms with Gasteiger partial charge in [-0.2, -0.15) is 0 Å². The quantitative estimate of drug-likeness (QED) is 0.788. The van der Waals surface area contributed by atoms with Gasteiger partial charge in [0, 0.05) is 18.5 Å². The van der Waals surface area contributed by atoms with Crippen LogP contribution in [-0.4, -0.2) is 18.5 Å². The number of nitrogens with one attached hydrogen (secondary N) is 1. The van der Waals surface area contributed by atoms with Crippen LogP contribution in [0.1, 0.15) is 29.5 Å². The molecule has 0 unspecified atom stereocenters. The van der Waals surface area contributed by atoms with E-state index >= 15 is 0 Å². The summed E-state index contributed by atoms with van der Waals surface area (Å²) in [4.78, 5) is 23.6. The Morgan fingerprint density at radius 1 is 1.00 bits per heavy atom. The smallest absolute Gasteiger partial charge is 0.306 e. The molecule has 2 aromatic carbocycles. The third-order valence-corrected chi connectivity index (χ3v) is 3.71. The van der Waals surface area contributed by atoms with E-state index in [1.165, 1.54) is 0 Å². The highest BCUT2D eigenvalue weighted by molar-refractivity contribution is 5.93. The van der Waals surface area contributed by atoms with E-state index in [-0.39, 0.29) is 24.7 Å². The van der Waals surface area contributed by atoms with Gasteiger partial charge in [-0.1, -0.05) is 48.0 Å². The lowest BCUT2D eigenvalue weighted by Gasteiger charge is -2.09. The van der Waals surface area contributed by atoms with Crippen molar-refractivity contribution >= 4 is 17.6 Å². The summed E-state index contributed by atoms with van der Waals surface area (Å²) in [6.07, 6.45) is 0.893. The summed E-state index contributed by atoms with van der Waals surface area (Å²) < 4.78 is 5.17. The second-order valence-electron chi connectivity index (χ2n) is 5.82. The first-order valence-electron chi connectivity index (χ1n) is 8.11. The molecule has 24 heavy (non-hydrogen) atoms. The van der Waals surface area contributed by atoms with Gasteiger partial charge in [0.2, 0.25) is 5.91 Å². The van der Waals surface area contributed by atoms with E-state index in [0.29, 0.717) is 13.0 Å². The first-order chi connectivity index (χ1) is 11.5. The van der Waals surface area contributed by atoms with E-state index < -0.39 is 0 Å². The predicted octanol–water partition coefficient (Wildman–Crippen LogP) is 3.81. The van der Waals surface area contributed by atoms with Crippen molar-refractivity contribution in [2.75, 3.05) is 11.9 Å². The SMILES string of the molecule is Cc1ccc(NC(=O)CCC(=O)OCCc2ccccc2)c(C)c1. The van der Waals surface area contributed by atoms with Crippen LogP contribution in [-0.2, 0) is 20.7 Å². The van der Waals surface area contributed by atoms with Gasteiger partial charge in [0.15, 0.2) is 0 Å². The van der Waals surface area contributed by atoms with Crippen LogP contribution in [0.25, 0.3) is 0 Å². The number of aryl methyl sites for hydroxylation is 2. The van der Waals surface area contributed by atoms with Crippen molar-refractivity contribution in [3.63, 3.8) is 0 Å². The highest BCUT2D eigenvalue weighted by Gasteiger charge is 2.09. The van der Waals surface area contributed by atoms with Crippen molar-refractivity contribution in [2.45, 2.75) is 33.1 Å². The number of amides is 1. The molecule has 2 aromatic rings. The van der Waals surface area contributed by atoms with Gasteiger partial charge in [-0.15, -0.1) is 0 Å². The molecule has 126 valence electrons. The van der Waals surface area contributed by atoms with Crippen LogP contribution in [0.15, 0.2) is 48.5 Å². The van der Waals surface area contributed by atoms with Crippen molar-refractivity contribution in [3.05, 3.63) is 65.2 Å². The van der Waals surface area contributed by atoms with Crippen molar-refractivity contribution in [2.24, 2.45) is 0 Å². The number of carbonyl (C=O) groups is 2. The number of hydrogen-bond donors (Lipinski definition) is 1. The summed E-state index contributed by atoms with van der Waals surface area (Å²) in [5.41, 5.74) is 4.06. The Morgan fingerprint density at radius 2 is 1.75 bits per heavy atom. The third kappa shape index (κ3) is 5.88. The minimum atomic E-state index is -0.346. The molecule has 4 nitrogen and oxygen atoms in total. The molecule has 0 radical (unpaired) electrons. The van der Waals surface area contributed by atoms with E-state index in [1.807, 2.05) is 62.4 Å². The fraction of sp³-hybridized carbons (Fsp3) is 0.300. The fourth-order valence-electron chi connectivity index (χ4n) is 2.38. The molecule has 4 heteroatoms. The summed E-state index contributed by atoms with van der Waals surface area (Å²) in [7, 11) is 0. The summed E-state index contributed by atoms with van der Waals surface area (Å²) >= 11 is 0. The Kier molecular flexibility index (Phi) is 6.55. The molecule has 0 saturated carbocycles. The lowest BCUT2D eigenvalue weighted by atomic mass is 10.1. The number of benzene rings is 2. The van der Waals surface area contributed by atoms with Gasteiger partial charge >= 0.3 is 5.97 Å². The summed E-state index contributed by atoms with van der Waals surface area (Å²) in [5.74, 6) is -0.524. The minimum Gasteiger partial charge on any atom is -0.465 e. The van der Waals surface area contributed by atoms with Crippen LogP contribution in [0.4, 0.5) is 5.69 Å². The minimum absolute atomic E-state index is 0.0888. The normalized spacial score (nSPS) is 10.2. The monoisotopic (exact) mass is 325 g/mol. The predicted molar refractivity (Wildman–Crippen MR) is 94.9 cm³/mol. The molecule has 0 aliphatic rings. The van der Waals surface area contributed by atoms with E-state index in [2.05, 4.69) is 5.32 Å². The number of carbonyl (C=O) groups excluding carboxylic acids is 2. The van der Waals surface area contributed by atoms with Crippen LogP contribution >= 0.6 is 0 Å². The Hall–Kier alpha value is -2.62. The molecule has 0 aromatic heterocycles. The molecule has 0 spiro atoms. The zero-order valence-electron chi connectivity index (χ0n) is 14.2. The number of rotatable bonds is 7. The van der Waals surface area contributed by atoms with Crippen molar-refractivity contribution in [1.29, 1.82) is 0 Å². The first-order valence-corrected chi connectivity index (χ1v) is 8.11. The Balaban J connectivity index is 1.68. The third-order valence-electron chi connectivity index (χ3n) is 3.71. The number of hydrogen-bond acceptors (Lipinski definition) is 3. The van der Waals surface area contributed by atoms with Crippen molar-refractivity contribution in [3.8, 4) is 0 Å². The molecular weight excluding hydrogens is 302 g/mol. The lowest BCUT2D eigenvalue weighted by Crippen LogP contribution is -2.15. The van der Waals surface area contributed by atoms with Crippen molar-refractivity contribution in [1.82, 2.24) is 0 Å². The maximum Gasteiger partial charge on any atom is 0.306 e. The average molecular weight is 325 g/mol. The average Bonchev–Trinajstić information content (AvgIpc) is 2.56. The van der Waals surface area contributed by atoms with E-state index in [9.17, 15) is 9.59 Å².